The maximum Gasteiger partial charge on any atom is 0.127 e. The maximum atomic E-state index is 6.04. The summed E-state index contributed by atoms with van der Waals surface area (Å²) in [6.07, 6.45) is 5.36. The maximum absolute atomic E-state index is 6.04. The van der Waals surface area contributed by atoms with E-state index in [1.54, 1.807) is 28.4 Å². The summed E-state index contributed by atoms with van der Waals surface area (Å²) < 4.78 is 24.2. The van der Waals surface area contributed by atoms with Gasteiger partial charge in [0.25, 0.3) is 0 Å². The van der Waals surface area contributed by atoms with Crippen LogP contribution in [0.4, 0.5) is 0 Å². The molecule has 200 valence electrons. The monoisotopic (exact) mass is 538 g/mol. The fourth-order valence-corrected chi connectivity index (χ4v) is 7.37. The quantitative estimate of drug-likeness (QED) is 0.176. The molecule has 0 fully saturated rings. The van der Waals surface area contributed by atoms with Crippen molar-refractivity contribution in [2.24, 2.45) is 0 Å². The van der Waals surface area contributed by atoms with Crippen molar-refractivity contribution in [2.75, 3.05) is 28.4 Å². The number of methoxy groups -OCH3 is 4. The van der Waals surface area contributed by atoms with E-state index in [0.29, 0.717) is 0 Å². The smallest absolute Gasteiger partial charge is 0.127 e. The molecule has 0 radical (unpaired) electrons. The second-order valence-corrected chi connectivity index (χ2v) is 10.4. The minimum Gasteiger partial charge on any atom is -0.496 e. The van der Waals surface area contributed by atoms with E-state index in [1.807, 2.05) is 36.4 Å². The lowest BCUT2D eigenvalue weighted by Gasteiger charge is -2.52. The van der Waals surface area contributed by atoms with E-state index >= 15 is 0 Å². The van der Waals surface area contributed by atoms with Crippen molar-refractivity contribution in [2.45, 2.75) is 22.9 Å². The average molecular weight is 539 g/mol. The molecule has 0 saturated heterocycles. The first-order chi connectivity index (χ1) is 19.1. The summed E-state index contributed by atoms with van der Waals surface area (Å²) in [5, 5.41) is 0. The summed E-state index contributed by atoms with van der Waals surface area (Å²) in [7, 11) is 10.1. The lowest BCUT2D eigenvalue weighted by molar-refractivity contribution is 0.321. The van der Waals surface area contributed by atoms with Crippen molar-refractivity contribution in [3.8, 4) is 23.0 Å². The highest BCUT2D eigenvalue weighted by atomic mass is 31.0. The molecule has 4 aromatic rings. The summed E-state index contributed by atoms with van der Waals surface area (Å²) in [4.78, 5) is 0. The van der Waals surface area contributed by atoms with Gasteiger partial charge in [-0.3, -0.25) is 0 Å². The van der Waals surface area contributed by atoms with E-state index in [0.717, 1.165) is 46.1 Å². The lowest BCUT2D eigenvalue weighted by Crippen LogP contribution is -2.52. The first-order valence-corrected chi connectivity index (χ1v) is 13.7. The summed E-state index contributed by atoms with van der Waals surface area (Å²) in [6, 6.07) is 33.3. The molecule has 0 heterocycles. The molecule has 0 amide bonds. The van der Waals surface area contributed by atoms with Crippen LogP contribution in [0.2, 0.25) is 0 Å². The molecule has 0 spiro atoms. The van der Waals surface area contributed by atoms with Gasteiger partial charge in [0.15, 0.2) is 0 Å². The van der Waals surface area contributed by atoms with Gasteiger partial charge in [-0.1, -0.05) is 84.9 Å². The zero-order chi connectivity index (χ0) is 27.5. The van der Waals surface area contributed by atoms with Crippen LogP contribution in [0, 0.1) is 0 Å². The summed E-state index contributed by atoms with van der Waals surface area (Å²) in [6.45, 7) is 0. The number of rotatable bonds is 8. The Morgan fingerprint density at radius 1 is 0.564 bits per heavy atom. The fourth-order valence-electron chi connectivity index (χ4n) is 6.41. The molecule has 0 aromatic heterocycles. The van der Waals surface area contributed by atoms with Crippen LogP contribution in [-0.2, 0) is 10.8 Å². The molecular formula is C34H35O4P. The van der Waals surface area contributed by atoms with Crippen LogP contribution in [0.25, 0.3) is 0 Å². The molecule has 0 saturated carbocycles. The van der Waals surface area contributed by atoms with Gasteiger partial charge in [-0.25, -0.2) is 0 Å². The van der Waals surface area contributed by atoms with Crippen molar-refractivity contribution >= 4 is 9.24 Å². The van der Waals surface area contributed by atoms with E-state index in [2.05, 4.69) is 82.1 Å². The molecule has 5 rings (SSSR count). The Labute approximate surface area is 233 Å². The fraction of sp³-hybridized carbons (Fsp3) is 0.235. The zero-order valence-electron chi connectivity index (χ0n) is 22.9. The van der Waals surface area contributed by atoms with Gasteiger partial charge in [0.05, 0.1) is 39.4 Å². The van der Waals surface area contributed by atoms with E-state index < -0.39 is 10.8 Å². The first kappa shape index (κ1) is 26.8. The highest BCUT2D eigenvalue weighted by Gasteiger charge is 2.56. The summed E-state index contributed by atoms with van der Waals surface area (Å²) in [5.74, 6) is 3.11. The van der Waals surface area contributed by atoms with Crippen LogP contribution in [-0.4, -0.2) is 34.1 Å². The van der Waals surface area contributed by atoms with Crippen molar-refractivity contribution < 1.29 is 18.9 Å². The molecule has 0 aliphatic heterocycles. The minimum absolute atomic E-state index is 0.116. The normalized spacial score (nSPS) is 22.2. The van der Waals surface area contributed by atoms with Crippen molar-refractivity contribution in [1.29, 1.82) is 0 Å². The third-order valence-electron chi connectivity index (χ3n) is 8.10. The molecule has 0 N–H and O–H groups in total. The Hall–Kier alpha value is -3.75. The number of benzene rings is 4. The molecule has 1 aliphatic rings. The Morgan fingerprint density at radius 3 is 1.46 bits per heavy atom. The van der Waals surface area contributed by atoms with E-state index in [1.165, 1.54) is 5.56 Å². The second-order valence-electron chi connectivity index (χ2n) is 9.73. The van der Waals surface area contributed by atoms with Gasteiger partial charge in [0.1, 0.15) is 23.0 Å². The first-order valence-electron chi connectivity index (χ1n) is 13.1. The van der Waals surface area contributed by atoms with Crippen LogP contribution < -0.4 is 18.9 Å². The SMILES string of the molecule is COc1cccc(OC)c1C1(c2ccccc2)C=CCC(c2ccccc2)(c2c(OC)cccc2OC)C1P. The number of allylic oxidation sites excluding steroid dienone is 2. The molecular weight excluding hydrogens is 503 g/mol. The molecule has 5 heteroatoms. The van der Waals surface area contributed by atoms with Crippen LogP contribution in [0.5, 0.6) is 23.0 Å². The van der Waals surface area contributed by atoms with Crippen LogP contribution in [0.1, 0.15) is 28.7 Å². The Kier molecular flexibility index (Phi) is 7.68. The van der Waals surface area contributed by atoms with Crippen molar-refractivity contribution in [3.63, 3.8) is 0 Å². The molecule has 1 aliphatic carbocycles. The summed E-state index contributed by atoms with van der Waals surface area (Å²) >= 11 is 0. The molecule has 4 atom stereocenters. The van der Waals surface area contributed by atoms with Gasteiger partial charge in [0.2, 0.25) is 0 Å². The molecule has 39 heavy (non-hydrogen) atoms. The highest BCUT2D eigenvalue weighted by molar-refractivity contribution is 7.18. The van der Waals surface area contributed by atoms with Gasteiger partial charge in [-0.15, -0.1) is 9.24 Å². The molecule has 4 unspecified atom stereocenters. The van der Waals surface area contributed by atoms with Crippen LogP contribution >= 0.6 is 9.24 Å². The van der Waals surface area contributed by atoms with Gasteiger partial charge >= 0.3 is 0 Å². The van der Waals surface area contributed by atoms with Crippen LogP contribution in [0.3, 0.4) is 0 Å². The van der Waals surface area contributed by atoms with Gasteiger partial charge in [-0.05, 0) is 41.8 Å². The molecule has 4 aromatic carbocycles. The van der Waals surface area contributed by atoms with Gasteiger partial charge in [0, 0.05) is 16.6 Å². The van der Waals surface area contributed by atoms with Crippen molar-refractivity contribution in [3.05, 3.63) is 131 Å². The standard InChI is InChI=1S/C34H35O4P/c1-35-26-18-11-19-27(36-2)30(26)33(24-14-7-5-8-15-24)22-13-23-34(32(33)39,25-16-9-6-10-17-25)31-28(37-3)20-12-21-29(31)38-4/h5-22,32H,23,39H2,1-4H3. The highest BCUT2D eigenvalue weighted by Crippen LogP contribution is 2.61. The number of hydrogen-bond acceptors (Lipinski definition) is 4. The predicted octanol–water partition coefficient (Wildman–Crippen LogP) is 7.20. The lowest BCUT2D eigenvalue weighted by atomic mass is 9.55. The molecule has 4 nitrogen and oxygen atoms in total. The molecule has 0 bridgehead atoms. The predicted molar refractivity (Wildman–Crippen MR) is 161 cm³/mol. The average Bonchev–Trinajstić information content (AvgIpc) is 3.01. The second kappa shape index (κ2) is 11.2. The van der Waals surface area contributed by atoms with E-state index in [9.17, 15) is 0 Å². The van der Waals surface area contributed by atoms with Crippen molar-refractivity contribution in [1.82, 2.24) is 0 Å². The summed E-state index contributed by atoms with van der Waals surface area (Å²) in [5.41, 5.74) is 2.98. The Bertz CT molecular complexity index is 1410. The minimum atomic E-state index is -0.649. The van der Waals surface area contributed by atoms with Gasteiger partial charge < -0.3 is 18.9 Å². The Balaban J connectivity index is 1.95. The third kappa shape index (κ3) is 4.19. The number of ether oxygens (including phenoxy) is 4. The largest absolute Gasteiger partial charge is 0.496 e. The Morgan fingerprint density at radius 2 is 1.00 bits per heavy atom. The van der Waals surface area contributed by atoms with E-state index in [-0.39, 0.29) is 5.66 Å². The number of hydrogen-bond donors (Lipinski definition) is 0. The topological polar surface area (TPSA) is 36.9 Å². The third-order valence-corrected chi connectivity index (χ3v) is 9.19. The zero-order valence-corrected chi connectivity index (χ0v) is 24.0. The van der Waals surface area contributed by atoms with Gasteiger partial charge in [-0.2, -0.15) is 0 Å². The van der Waals surface area contributed by atoms with Crippen LogP contribution in [0.15, 0.2) is 109 Å². The van der Waals surface area contributed by atoms with E-state index in [4.69, 9.17) is 18.9 Å².